The number of ether oxygens (including phenoxy) is 2. The van der Waals surface area contributed by atoms with Crippen molar-refractivity contribution in [3.63, 3.8) is 0 Å². The molecule has 3 N–H and O–H groups in total. The van der Waals surface area contributed by atoms with Gasteiger partial charge >= 0.3 is 0 Å². The fraction of sp³-hybridized carbons (Fsp3) is 0.133. The number of hydrogen-bond acceptors (Lipinski definition) is 5. The molecule has 21 heavy (non-hydrogen) atoms. The molecule has 1 heterocycles. The van der Waals surface area contributed by atoms with Crippen LogP contribution >= 0.6 is 0 Å². The molecule has 6 heteroatoms. The predicted octanol–water partition coefficient (Wildman–Crippen LogP) is 1.76. The molecule has 0 fully saturated rings. The topological polar surface area (TPSA) is 88.0 Å². The summed E-state index contributed by atoms with van der Waals surface area (Å²) in [5.41, 5.74) is 0.681. The minimum absolute atomic E-state index is 0.141. The lowest BCUT2D eigenvalue weighted by Gasteiger charge is -2.09. The third-order valence-corrected chi connectivity index (χ3v) is 3.14. The van der Waals surface area contributed by atoms with Gasteiger partial charge in [0.25, 0.3) is 5.91 Å². The first-order chi connectivity index (χ1) is 10.1. The Morgan fingerprint density at radius 3 is 2.57 bits per heavy atom. The number of carbonyl (C=O) groups is 1. The Morgan fingerprint density at radius 2 is 1.81 bits per heavy atom. The molecule has 0 bridgehead atoms. The normalized spacial score (nSPS) is 12.2. The molecule has 0 aliphatic carbocycles. The molecule has 0 saturated carbocycles. The summed E-state index contributed by atoms with van der Waals surface area (Å²) in [6.07, 6.45) is 0. The van der Waals surface area contributed by atoms with Gasteiger partial charge in [-0.15, -0.1) is 0 Å². The zero-order chi connectivity index (χ0) is 14.8. The summed E-state index contributed by atoms with van der Waals surface area (Å²) >= 11 is 0. The molecule has 2 aromatic carbocycles. The lowest BCUT2D eigenvalue weighted by atomic mass is 10.1. The fourth-order valence-corrected chi connectivity index (χ4v) is 2.08. The Hall–Kier alpha value is -2.89. The Balaban J connectivity index is 1.71. The zero-order valence-corrected chi connectivity index (χ0v) is 11.0. The second kappa shape index (κ2) is 5.24. The molecule has 0 spiro atoms. The second-order valence-electron chi connectivity index (χ2n) is 4.54. The van der Waals surface area contributed by atoms with Crippen LogP contribution in [0, 0.1) is 0 Å². The summed E-state index contributed by atoms with van der Waals surface area (Å²) in [5.74, 6) is 0.218. The van der Waals surface area contributed by atoms with Gasteiger partial charge in [0.2, 0.25) is 6.79 Å². The number of hydrogen-bond donors (Lipinski definition) is 3. The van der Waals surface area contributed by atoms with Gasteiger partial charge in [-0.2, -0.15) is 0 Å². The van der Waals surface area contributed by atoms with Crippen LogP contribution in [0.15, 0.2) is 36.4 Å². The van der Waals surface area contributed by atoms with Crippen LogP contribution < -0.4 is 14.8 Å². The standard InChI is InChI=1S/C15H13NO5/c17-10-2-1-3-11(18)14(10)15(19)16-7-9-4-5-12-13(6-9)21-8-20-12/h1-6,17-18H,7-8H2,(H,16,19). The molecule has 0 unspecified atom stereocenters. The van der Waals surface area contributed by atoms with Gasteiger partial charge in [-0.05, 0) is 29.8 Å². The molecule has 1 aliphatic heterocycles. The van der Waals surface area contributed by atoms with Crippen LogP contribution in [0.4, 0.5) is 0 Å². The summed E-state index contributed by atoms with van der Waals surface area (Å²) in [7, 11) is 0. The highest BCUT2D eigenvalue weighted by atomic mass is 16.7. The first-order valence-corrected chi connectivity index (χ1v) is 6.33. The summed E-state index contributed by atoms with van der Waals surface area (Å²) in [5, 5.41) is 21.9. The summed E-state index contributed by atoms with van der Waals surface area (Å²) in [4.78, 5) is 12.0. The molecule has 0 radical (unpaired) electrons. The van der Waals surface area contributed by atoms with Crippen LogP contribution in [0.1, 0.15) is 15.9 Å². The van der Waals surface area contributed by atoms with Crippen molar-refractivity contribution in [3.05, 3.63) is 47.5 Å². The van der Waals surface area contributed by atoms with Crippen molar-refractivity contribution < 1.29 is 24.5 Å². The quantitative estimate of drug-likeness (QED) is 0.800. The number of phenols is 2. The van der Waals surface area contributed by atoms with Gasteiger partial charge in [0.05, 0.1) is 0 Å². The maximum Gasteiger partial charge on any atom is 0.259 e. The minimum atomic E-state index is -0.553. The molecule has 1 amide bonds. The van der Waals surface area contributed by atoms with E-state index in [2.05, 4.69) is 5.32 Å². The molecule has 2 aromatic rings. The highest BCUT2D eigenvalue weighted by Crippen LogP contribution is 2.32. The van der Waals surface area contributed by atoms with E-state index in [1.54, 1.807) is 18.2 Å². The van der Waals surface area contributed by atoms with E-state index in [1.165, 1.54) is 18.2 Å². The van der Waals surface area contributed by atoms with Crippen LogP contribution in [0.25, 0.3) is 0 Å². The number of rotatable bonds is 3. The average Bonchev–Trinajstić information content (AvgIpc) is 2.92. The van der Waals surface area contributed by atoms with E-state index in [9.17, 15) is 15.0 Å². The van der Waals surface area contributed by atoms with E-state index in [-0.39, 0.29) is 30.4 Å². The molecular formula is C15H13NO5. The lowest BCUT2D eigenvalue weighted by Crippen LogP contribution is -2.23. The van der Waals surface area contributed by atoms with E-state index < -0.39 is 5.91 Å². The van der Waals surface area contributed by atoms with Crippen LogP contribution in [0.2, 0.25) is 0 Å². The number of phenolic OH excluding ortho intramolecular Hbond substituents is 2. The number of benzene rings is 2. The maximum atomic E-state index is 12.0. The van der Waals surface area contributed by atoms with Crippen LogP contribution in [-0.2, 0) is 6.54 Å². The molecule has 6 nitrogen and oxygen atoms in total. The Kier molecular flexibility index (Phi) is 3.27. The smallest absolute Gasteiger partial charge is 0.259 e. The first-order valence-electron chi connectivity index (χ1n) is 6.33. The first kappa shape index (κ1) is 13.1. The molecule has 0 aromatic heterocycles. The molecular weight excluding hydrogens is 274 g/mol. The van der Waals surface area contributed by atoms with Gasteiger partial charge in [0.1, 0.15) is 17.1 Å². The average molecular weight is 287 g/mol. The van der Waals surface area contributed by atoms with E-state index in [0.29, 0.717) is 11.5 Å². The maximum absolute atomic E-state index is 12.0. The molecule has 1 aliphatic rings. The number of nitrogens with one attached hydrogen (secondary N) is 1. The summed E-state index contributed by atoms with van der Waals surface area (Å²) in [6, 6.07) is 9.48. The van der Waals surface area contributed by atoms with Crippen molar-refractivity contribution >= 4 is 5.91 Å². The zero-order valence-electron chi connectivity index (χ0n) is 11.0. The van der Waals surface area contributed by atoms with Gasteiger partial charge in [-0.1, -0.05) is 12.1 Å². The van der Waals surface area contributed by atoms with Crippen molar-refractivity contribution in [2.45, 2.75) is 6.54 Å². The molecule has 3 rings (SSSR count). The van der Waals surface area contributed by atoms with Crippen LogP contribution in [0.5, 0.6) is 23.0 Å². The fourth-order valence-electron chi connectivity index (χ4n) is 2.08. The predicted molar refractivity (Wildman–Crippen MR) is 73.5 cm³/mol. The van der Waals surface area contributed by atoms with Crippen molar-refractivity contribution in [1.29, 1.82) is 0 Å². The van der Waals surface area contributed by atoms with Crippen molar-refractivity contribution in [3.8, 4) is 23.0 Å². The minimum Gasteiger partial charge on any atom is -0.507 e. The van der Waals surface area contributed by atoms with E-state index in [4.69, 9.17) is 9.47 Å². The van der Waals surface area contributed by atoms with E-state index >= 15 is 0 Å². The van der Waals surface area contributed by atoms with Crippen molar-refractivity contribution in [1.82, 2.24) is 5.32 Å². The van der Waals surface area contributed by atoms with Crippen LogP contribution in [-0.4, -0.2) is 22.9 Å². The van der Waals surface area contributed by atoms with Gasteiger partial charge in [-0.3, -0.25) is 4.79 Å². The van der Waals surface area contributed by atoms with E-state index in [1.807, 2.05) is 0 Å². The van der Waals surface area contributed by atoms with Crippen LogP contribution in [0.3, 0.4) is 0 Å². The van der Waals surface area contributed by atoms with Gasteiger partial charge in [0, 0.05) is 6.54 Å². The molecule has 0 saturated heterocycles. The highest BCUT2D eigenvalue weighted by Gasteiger charge is 2.17. The third-order valence-electron chi connectivity index (χ3n) is 3.14. The van der Waals surface area contributed by atoms with Gasteiger partial charge < -0.3 is 25.0 Å². The summed E-state index contributed by atoms with van der Waals surface area (Å²) in [6.45, 7) is 0.431. The lowest BCUT2D eigenvalue weighted by molar-refractivity contribution is 0.0945. The van der Waals surface area contributed by atoms with Crippen molar-refractivity contribution in [2.75, 3.05) is 6.79 Å². The highest BCUT2D eigenvalue weighted by molar-refractivity contribution is 5.99. The SMILES string of the molecule is O=C(NCc1ccc2c(c1)OCO2)c1c(O)cccc1O. The number of carbonyl (C=O) groups excluding carboxylic acids is 1. The Labute approximate surface area is 120 Å². The number of aromatic hydroxyl groups is 2. The van der Waals surface area contributed by atoms with Gasteiger partial charge in [-0.25, -0.2) is 0 Å². The number of amides is 1. The second-order valence-corrected chi connectivity index (χ2v) is 4.54. The monoisotopic (exact) mass is 287 g/mol. The number of fused-ring (bicyclic) bond motifs is 1. The van der Waals surface area contributed by atoms with E-state index in [0.717, 1.165) is 5.56 Å². The summed E-state index contributed by atoms with van der Waals surface area (Å²) < 4.78 is 10.5. The van der Waals surface area contributed by atoms with Crippen molar-refractivity contribution in [2.24, 2.45) is 0 Å². The largest absolute Gasteiger partial charge is 0.507 e. The Morgan fingerprint density at radius 1 is 1.10 bits per heavy atom. The van der Waals surface area contributed by atoms with Gasteiger partial charge in [0.15, 0.2) is 11.5 Å². The molecule has 108 valence electrons. The third kappa shape index (κ3) is 2.55. The molecule has 0 atom stereocenters. The Bertz CT molecular complexity index is 678.